The molecule has 0 amide bonds. The molecular weight excluding hydrogens is 588 g/mol. The summed E-state index contributed by atoms with van der Waals surface area (Å²) >= 11 is 0. The van der Waals surface area contributed by atoms with Crippen LogP contribution < -0.4 is 0 Å². The van der Waals surface area contributed by atoms with Gasteiger partial charge >= 0.3 is 5.97 Å². The highest BCUT2D eigenvalue weighted by atomic mass is 16.4. The standard InChI is InChI=1S/C15H24O2.C15H26O.C15H24/c1-9-4-6-12-10(2)5-7-13(14(12)8-9)11(3)15(16)17;1-10-4-6-13-11(2)5-7-14(12(3)9-16)15(13)8-10;1-10(2)13-8-6-12(4)14-7-5-11(3)9-15(13)14/h8,10-14H,4-7H2,1-3H3,(H,16,17);8,11-16H,4-7,9H2,1-3H3;9,12-15H,1,5-8H2,2-4H3/t10-,11?,12+,13-,14+;11-,12?,13+,14-,15+;12-,13-,14+,15-/m111/s1. The van der Waals surface area contributed by atoms with Crippen LogP contribution in [0.5, 0.6) is 0 Å². The summed E-state index contributed by atoms with van der Waals surface area (Å²) in [5, 5.41) is 18.6. The van der Waals surface area contributed by atoms with E-state index in [4.69, 9.17) is 0 Å². The Balaban J connectivity index is 0.000000163. The molecule has 0 aromatic rings. The predicted octanol–water partition coefficient (Wildman–Crippen LogP) is 11.9. The van der Waals surface area contributed by atoms with Crippen molar-refractivity contribution < 1.29 is 15.0 Å². The second kappa shape index (κ2) is 17.5. The molecule has 6 aliphatic rings. The Labute approximate surface area is 296 Å². The van der Waals surface area contributed by atoms with E-state index < -0.39 is 5.97 Å². The molecular formula is C45H74O3. The summed E-state index contributed by atoms with van der Waals surface area (Å²) in [6.07, 6.45) is 23.1. The molecule has 6 aliphatic carbocycles. The highest BCUT2D eigenvalue weighted by Crippen LogP contribution is 2.50. The molecule has 14 atom stereocenters. The lowest BCUT2D eigenvalue weighted by molar-refractivity contribution is -0.144. The van der Waals surface area contributed by atoms with Gasteiger partial charge in [-0.25, -0.2) is 0 Å². The fourth-order valence-corrected chi connectivity index (χ4v) is 11.4. The quantitative estimate of drug-likeness (QED) is 0.288. The summed E-state index contributed by atoms with van der Waals surface area (Å²) < 4.78 is 0. The third-order valence-corrected chi connectivity index (χ3v) is 14.7. The van der Waals surface area contributed by atoms with Crippen LogP contribution >= 0.6 is 0 Å². The molecule has 48 heavy (non-hydrogen) atoms. The Kier molecular flexibility index (Phi) is 14.3. The van der Waals surface area contributed by atoms with Crippen LogP contribution in [0.3, 0.4) is 0 Å². The number of aliphatic hydroxyl groups excluding tert-OH is 1. The van der Waals surface area contributed by atoms with E-state index in [1.165, 1.54) is 81.8 Å². The molecule has 2 unspecified atom stereocenters. The van der Waals surface area contributed by atoms with E-state index in [1.54, 1.807) is 11.1 Å². The molecule has 3 fully saturated rings. The lowest BCUT2D eigenvalue weighted by Gasteiger charge is -2.45. The fourth-order valence-electron chi connectivity index (χ4n) is 11.4. The van der Waals surface area contributed by atoms with Crippen molar-refractivity contribution in [2.45, 2.75) is 139 Å². The first-order valence-electron chi connectivity index (χ1n) is 20.2. The van der Waals surface area contributed by atoms with Gasteiger partial charge in [0.15, 0.2) is 0 Å². The van der Waals surface area contributed by atoms with Gasteiger partial charge in [-0.3, -0.25) is 4.79 Å². The van der Waals surface area contributed by atoms with Crippen LogP contribution in [0.4, 0.5) is 0 Å². The summed E-state index contributed by atoms with van der Waals surface area (Å²) in [5.41, 5.74) is 6.05. The summed E-state index contributed by atoms with van der Waals surface area (Å²) in [6.45, 7) is 24.8. The van der Waals surface area contributed by atoms with Gasteiger partial charge in [-0.2, -0.15) is 0 Å². The molecule has 0 bridgehead atoms. The minimum Gasteiger partial charge on any atom is -0.481 e. The number of carbonyl (C=O) groups is 1. The van der Waals surface area contributed by atoms with Gasteiger partial charge in [-0.15, -0.1) is 0 Å². The lowest BCUT2D eigenvalue weighted by Crippen LogP contribution is -2.39. The zero-order valence-corrected chi connectivity index (χ0v) is 32.5. The van der Waals surface area contributed by atoms with Crippen molar-refractivity contribution in [2.24, 2.45) is 82.9 Å². The van der Waals surface area contributed by atoms with Crippen LogP contribution in [0.2, 0.25) is 0 Å². The molecule has 0 saturated heterocycles. The average Bonchev–Trinajstić information content (AvgIpc) is 3.05. The normalized spacial score (nSPS) is 40.2. The molecule has 3 heteroatoms. The molecule has 0 aromatic carbocycles. The number of aliphatic carboxylic acids is 1. The maximum Gasteiger partial charge on any atom is 0.306 e. The zero-order chi connectivity index (χ0) is 35.3. The molecule has 272 valence electrons. The number of fused-ring (bicyclic) bond motifs is 3. The van der Waals surface area contributed by atoms with Gasteiger partial charge in [0.05, 0.1) is 5.92 Å². The van der Waals surface area contributed by atoms with Crippen molar-refractivity contribution in [3.63, 3.8) is 0 Å². The number of allylic oxidation sites excluding steroid dienone is 7. The van der Waals surface area contributed by atoms with Crippen molar-refractivity contribution in [3.05, 3.63) is 47.1 Å². The van der Waals surface area contributed by atoms with Gasteiger partial charge in [-0.1, -0.05) is 94.6 Å². The third-order valence-electron chi connectivity index (χ3n) is 14.7. The van der Waals surface area contributed by atoms with Gasteiger partial charge in [0.1, 0.15) is 0 Å². The summed E-state index contributed by atoms with van der Waals surface area (Å²) in [6, 6.07) is 0. The summed E-state index contributed by atoms with van der Waals surface area (Å²) in [5.74, 6) is 8.68. The Hall–Kier alpha value is -1.61. The minimum atomic E-state index is -0.625. The van der Waals surface area contributed by atoms with Crippen LogP contribution in [-0.4, -0.2) is 22.8 Å². The molecule has 0 aromatic heterocycles. The smallest absolute Gasteiger partial charge is 0.306 e. The van der Waals surface area contributed by atoms with Gasteiger partial charge in [0, 0.05) is 6.61 Å². The molecule has 6 rings (SSSR count). The van der Waals surface area contributed by atoms with Gasteiger partial charge < -0.3 is 10.2 Å². The van der Waals surface area contributed by atoms with Crippen LogP contribution in [0.15, 0.2) is 47.1 Å². The first-order chi connectivity index (χ1) is 22.7. The first-order valence-corrected chi connectivity index (χ1v) is 20.2. The van der Waals surface area contributed by atoms with E-state index >= 15 is 0 Å². The molecule has 3 saturated carbocycles. The van der Waals surface area contributed by atoms with Crippen molar-refractivity contribution in [1.29, 1.82) is 0 Å². The maximum atomic E-state index is 11.2. The SMILES string of the molecule is C=C(C)[C@H]1CC[C@@H](C)[C@@H]2CCC(C)=C[C@@H]21.CC1=C[C@H]2[C@@H](CC1)[C@H](C)CC[C@@H]2C(C)C(=O)O.CC1=C[C@H]2[C@@H](CC1)[C@H](C)CC[C@@H]2C(C)CO. The summed E-state index contributed by atoms with van der Waals surface area (Å²) in [7, 11) is 0. The fraction of sp³-hybridized carbons (Fsp3) is 0.800. The Morgan fingerprint density at radius 1 is 0.688 bits per heavy atom. The van der Waals surface area contributed by atoms with Gasteiger partial charge in [0.25, 0.3) is 0 Å². The van der Waals surface area contributed by atoms with Gasteiger partial charge in [0.2, 0.25) is 0 Å². The number of hydrogen-bond donors (Lipinski definition) is 2. The van der Waals surface area contributed by atoms with Crippen LogP contribution in [-0.2, 0) is 4.79 Å². The molecule has 3 nitrogen and oxygen atoms in total. The van der Waals surface area contributed by atoms with E-state index in [0.29, 0.717) is 24.4 Å². The van der Waals surface area contributed by atoms with Crippen molar-refractivity contribution in [3.8, 4) is 0 Å². The van der Waals surface area contributed by atoms with E-state index in [1.807, 2.05) is 6.92 Å². The third kappa shape index (κ3) is 9.38. The van der Waals surface area contributed by atoms with E-state index in [9.17, 15) is 15.0 Å². The zero-order valence-electron chi connectivity index (χ0n) is 32.5. The molecule has 0 radical (unpaired) electrons. The van der Waals surface area contributed by atoms with Crippen LogP contribution in [0.1, 0.15) is 139 Å². The van der Waals surface area contributed by atoms with Gasteiger partial charge in [-0.05, 0) is 169 Å². The van der Waals surface area contributed by atoms with Crippen molar-refractivity contribution >= 4 is 5.97 Å². The lowest BCUT2D eigenvalue weighted by atomic mass is 9.60. The number of carboxylic acid groups (broad SMARTS) is 1. The second-order valence-electron chi connectivity index (χ2n) is 18.1. The number of carboxylic acids is 1. The van der Waals surface area contributed by atoms with E-state index in [2.05, 4.69) is 80.2 Å². The first kappa shape index (κ1) is 39.2. The predicted molar refractivity (Wildman–Crippen MR) is 203 cm³/mol. The molecule has 0 spiro atoms. The molecule has 0 aliphatic heterocycles. The maximum absolute atomic E-state index is 11.2. The average molecular weight is 663 g/mol. The highest BCUT2D eigenvalue weighted by molar-refractivity contribution is 5.70. The Morgan fingerprint density at radius 2 is 1.08 bits per heavy atom. The summed E-state index contributed by atoms with van der Waals surface area (Å²) in [4.78, 5) is 11.2. The van der Waals surface area contributed by atoms with E-state index in [-0.39, 0.29) is 5.92 Å². The molecule has 2 N–H and O–H groups in total. The van der Waals surface area contributed by atoms with Crippen LogP contribution in [0.25, 0.3) is 0 Å². The number of hydrogen-bond acceptors (Lipinski definition) is 2. The Morgan fingerprint density at radius 3 is 1.52 bits per heavy atom. The largest absolute Gasteiger partial charge is 0.481 e. The number of aliphatic hydroxyl groups is 1. The Bertz CT molecular complexity index is 1170. The number of rotatable bonds is 5. The monoisotopic (exact) mass is 663 g/mol. The minimum absolute atomic E-state index is 0.197. The second-order valence-corrected chi connectivity index (χ2v) is 18.1. The topological polar surface area (TPSA) is 57.5 Å². The highest BCUT2D eigenvalue weighted by Gasteiger charge is 2.42. The van der Waals surface area contributed by atoms with Crippen LogP contribution in [0, 0.1) is 82.9 Å². The molecule has 0 heterocycles. The van der Waals surface area contributed by atoms with Crippen molar-refractivity contribution in [1.82, 2.24) is 0 Å². The van der Waals surface area contributed by atoms with Crippen molar-refractivity contribution in [2.75, 3.05) is 6.61 Å². The van der Waals surface area contributed by atoms with E-state index in [0.717, 1.165) is 65.6 Å².